The Hall–Kier alpha value is -3.45. The molecule has 0 aliphatic carbocycles. The van der Waals surface area contributed by atoms with Gasteiger partial charge in [0.1, 0.15) is 0 Å². The molecule has 1 unspecified atom stereocenters. The summed E-state index contributed by atoms with van der Waals surface area (Å²) < 4.78 is 10.4. The van der Waals surface area contributed by atoms with Crippen molar-refractivity contribution in [3.8, 4) is 22.6 Å². The largest absolute Gasteiger partial charge is 0.493 e. The molecule has 28 heavy (non-hydrogen) atoms. The van der Waals surface area contributed by atoms with Gasteiger partial charge in [0.25, 0.3) is 5.69 Å². The maximum absolute atomic E-state index is 11.4. The fourth-order valence-electron chi connectivity index (χ4n) is 3.01. The summed E-state index contributed by atoms with van der Waals surface area (Å²) in [6.07, 6.45) is 2.61. The van der Waals surface area contributed by atoms with Crippen molar-refractivity contribution in [1.29, 1.82) is 0 Å². The van der Waals surface area contributed by atoms with Crippen molar-refractivity contribution in [1.82, 2.24) is 4.98 Å². The van der Waals surface area contributed by atoms with Crippen molar-refractivity contribution in [2.24, 2.45) is 0 Å². The van der Waals surface area contributed by atoms with Crippen LogP contribution in [-0.2, 0) is 6.42 Å². The Balaban J connectivity index is 1.86. The molecule has 3 aromatic rings. The van der Waals surface area contributed by atoms with E-state index in [0.717, 1.165) is 11.1 Å². The molecule has 0 saturated heterocycles. The molecule has 0 spiro atoms. The molecule has 1 atom stereocenters. The van der Waals surface area contributed by atoms with E-state index < -0.39 is 11.0 Å². The van der Waals surface area contributed by atoms with Gasteiger partial charge in [0.15, 0.2) is 11.5 Å². The number of aromatic nitrogens is 1. The van der Waals surface area contributed by atoms with Crippen LogP contribution in [0, 0.1) is 10.1 Å². The van der Waals surface area contributed by atoms with Crippen LogP contribution in [0.3, 0.4) is 0 Å². The molecule has 0 fully saturated rings. The van der Waals surface area contributed by atoms with Gasteiger partial charge in [-0.3, -0.25) is 15.1 Å². The lowest BCUT2D eigenvalue weighted by Crippen LogP contribution is -2.05. The highest BCUT2D eigenvalue weighted by atomic mass is 16.6. The quantitative estimate of drug-likeness (QED) is 0.493. The minimum atomic E-state index is -0.900. The minimum absolute atomic E-state index is 0.0747. The maximum atomic E-state index is 11.4. The van der Waals surface area contributed by atoms with Crippen molar-refractivity contribution in [3.63, 3.8) is 0 Å². The molecule has 0 amide bonds. The highest BCUT2D eigenvalue weighted by Gasteiger charge is 2.22. The van der Waals surface area contributed by atoms with Crippen molar-refractivity contribution < 1.29 is 19.5 Å². The average molecular weight is 380 g/mol. The number of aliphatic hydroxyl groups excluding tert-OH is 1. The fourth-order valence-corrected chi connectivity index (χ4v) is 3.01. The molecule has 0 aliphatic heterocycles. The van der Waals surface area contributed by atoms with E-state index in [1.54, 1.807) is 12.4 Å². The highest BCUT2D eigenvalue weighted by Crippen LogP contribution is 2.36. The number of rotatable bonds is 7. The molecule has 0 radical (unpaired) electrons. The smallest absolute Gasteiger partial charge is 0.276 e. The first-order valence-electron chi connectivity index (χ1n) is 8.61. The zero-order chi connectivity index (χ0) is 20.1. The Morgan fingerprint density at radius 2 is 1.57 bits per heavy atom. The van der Waals surface area contributed by atoms with Gasteiger partial charge in [-0.2, -0.15) is 0 Å². The molecule has 1 aromatic heterocycles. The van der Waals surface area contributed by atoms with Crippen LogP contribution in [-0.4, -0.2) is 29.2 Å². The summed E-state index contributed by atoms with van der Waals surface area (Å²) in [6.45, 7) is 0. The van der Waals surface area contributed by atoms with Crippen LogP contribution in [0.15, 0.2) is 60.9 Å². The standard InChI is InChI=1S/C21H20N2O5/c1-27-20-12-17(18(23(25)26)13-21(20)28-2)11-19(24)16-5-3-14(4-6-16)15-7-9-22-10-8-15/h3-10,12-13,19,24H,11H2,1-2H3. The van der Waals surface area contributed by atoms with Gasteiger partial charge in [0.2, 0.25) is 0 Å². The zero-order valence-electron chi connectivity index (χ0n) is 15.5. The Labute approximate surface area is 162 Å². The van der Waals surface area contributed by atoms with Crippen LogP contribution in [0.5, 0.6) is 11.5 Å². The number of pyridine rings is 1. The van der Waals surface area contributed by atoms with Gasteiger partial charge in [0, 0.05) is 24.4 Å². The first-order valence-corrected chi connectivity index (χ1v) is 8.61. The second-order valence-corrected chi connectivity index (χ2v) is 6.17. The predicted octanol–water partition coefficient (Wildman–Crippen LogP) is 3.95. The summed E-state index contributed by atoms with van der Waals surface area (Å²) in [4.78, 5) is 14.9. The number of aliphatic hydroxyl groups is 1. The van der Waals surface area contributed by atoms with Gasteiger partial charge in [-0.15, -0.1) is 0 Å². The van der Waals surface area contributed by atoms with Crippen LogP contribution < -0.4 is 9.47 Å². The molecule has 144 valence electrons. The Morgan fingerprint density at radius 1 is 1.00 bits per heavy atom. The summed E-state index contributed by atoms with van der Waals surface area (Å²) in [5.74, 6) is 0.650. The molecular weight excluding hydrogens is 360 g/mol. The number of hydrogen-bond acceptors (Lipinski definition) is 6. The minimum Gasteiger partial charge on any atom is -0.493 e. The van der Waals surface area contributed by atoms with Gasteiger partial charge in [-0.1, -0.05) is 24.3 Å². The van der Waals surface area contributed by atoms with Crippen molar-refractivity contribution in [2.45, 2.75) is 12.5 Å². The summed E-state index contributed by atoms with van der Waals surface area (Å²) in [6, 6.07) is 14.1. The summed E-state index contributed by atoms with van der Waals surface area (Å²) in [5, 5.41) is 22.1. The molecule has 1 heterocycles. The third-order valence-electron chi connectivity index (χ3n) is 4.50. The number of nitro groups is 1. The van der Waals surface area contributed by atoms with Crippen molar-refractivity contribution in [3.05, 3.63) is 82.2 Å². The molecule has 7 heteroatoms. The van der Waals surface area contributed by atoms with Gasteiger partial charge in [0.05, 0.1) is 31.3 Å². The fraction of sp³-hybridized carbons (Fsp3) is 0.190. The van der Waals surface area contributed by atoms with Crippen LogP contribution in [0.2, 0.25) is 0 Å². The van der Waals surface area contributed by atoms with E-state index in [0.29, 0.717) is 16.9 Å². The second-order valence-electron chi connectivity index (χ2n) is 6.17. The Morgan fingerprint density at radius 3 is 2.14 bits per heavy atom. The van der Waals surface area contributed by atoms with Gasteiger partial charge in [-0.05, 0) is 34.9 Å². The highest BCUT2D eigenvalue weighted by molar-refractivity contribution is 5.63. The number of methoxy groups -OCH3 is 2. The molecular formula is C21H20N2O5. The van der Waals surface area contributed by atoms with Gasteiger partial charge >= 0.3 is 0 Å². The molecule has 0 saturated carbocycles. The summed E-state index contributed by atoms with van der Waals surface area (Å²) in [5.41, 5.74) is 2.93. The third-order valence-corrected chi connectivity index (χ3v) is 4.50. The maximum Gasteiger partial charge on any atom is 0.276 e. The summed E-state index contributed by atoms with van der Waals surface area (Å²) in [7, 11) is 2.88. The van der Waals surface area contributed by atoms with E-state index in [1.165, 1.54) is 26.4 Å². The van der Waals surface area contributed by atoms with Crippen molar-refractivity contribution in [2.75, 3.05) is 14.2 Å². The van der Waals surface area contributed by atoms with Crippen LogP contribution >= 0.6 is 0 Å². The molecule has 0 aliphatic rings. The number of nitrogens with zero attached hydrogens (tertiary/aromatic N) is 2. The summed E-state index contributed by atoms with van der Waals surface area (Å²) >= 11 is 0. The first-order chi connectivity index (χ1) is 13.5. The van der Waals surface area contributed by atoms with Gasteiger partial charge < -0.3 is 14.6 Å². The number of ether oxygens (including phenoxy) is 2. The van der Waals surface area contributed by atoms with E-state index >= 15 is 0 Å². The van der Waals surface area contributed by atoms with E-state index in [-0.39, 0.29) is 17.9 Å². The zero-order valence-corrected chi connectivity index (χ0v) is 15.5. The average Bonchev–Trinajstić information content (AvgIpc) is 2.73. The third kappa shape index (κ3) is 4.10. The van der Waals surface area contributed by atoms with Crippen LogP contribution in [0.1, 0.15) is 17.2 Å². The molecule has 2 aromatic carbocycles. The lowest BCUT2D eigenvalue weighted by molar-refractivity contribution is -0.385. The van der Waals surface area contributed by atoms with E-state index in [9.17, 15) is 15.2 Å². The van der Waals surface area contributed by atoms with E-state index in [2.05, 4.69) is 4.98 Å². The Kier molecular flexibility index (Phi) is 5.86. The number of hydrogen-bond donors (Lipinski definition) is 1. The monoisotopic (exact) mass is 380 g/mol. The van der Waals surface area contributed by atoms with E-state index in [4.69, 9.17) is 9.47 Å². The first kappa shape index (κ1) is 19.3. The molecule has 7 nitrogen and oxygen atoms in total. The van der Waals surface area contributed by atoms with Gasteiger partial charge in [-0.25, -0.2) is 0 Å². The number of benzene rings is 2. The molecule has 3 rings (SSSR count). The molecule has 1 N–H and O–H groups in total. The van der Waals surface area contributed by atoms with Crippen molar-refractivity contribution >= 4 is 5.69 Å². The topological polar surface area (TPSA) is 94.7 Å². The van der Waals surface area contributed by atoms with Crippen LogP contribution in [0.25, 0.3) is 11.1 Å². The predicted molar refractivity (Wildman–Crippen MR) is 105 cm³/mol. The van der Waals surface area contributed by atoms with E-state index in [1.807, 2.05) is 36.4 Å². The normalized spacial score (nSPS) is 11.7. The lowest BCUT2D eigenvalue weighted by atomic mass is 9.97. The number of nitro benzene ring substituents is 1. The lowest BCUT2D eigenvalue weighted by Gasteiger charge is -2.14. The Bertz CT molecular complexity index is 959. The van der Waals surface area contributed by atoms with Crippen LogP contribution in [0.4, 0.5) is 5.69 Å². The second kappa shape index (κ2) is 8.49. The SMILES string of the molecule is COc1cc(CC(O)c2ccc(-c3ccncc3)cc2)c([N+](=O)[O-])cc1OC. The molecule has 0 bridgehead atoms.